The van der Waals surface area contributed by atoms with Crippen LogP contribution in [0.25, 0.3) is 0 Å². The number of pyridine rings is 1. The predicted molar refractivity (Wildman–Crippen MR) is 77.8 cm³/mol. The summed E-state index contributed by atoms with van der Waals surface area (Å²) in [5.74, 6) is -1.09. The summed E-state index contributed by atoms with van der Waals surface area (Å²) in [5, 5.41) is 2.78. The van der Waals surface area contributed by atoms with Crippen LogP contribution < -0.4 is 10.7 Å². The van der Waals surface area contributed by atoms with Crippen molar-refractivity contribution in [2.75, 3.05) is 12.4 Å². The maximum absolute atomic E-state index is 12.0. The third-order valence-electron chi connectivity index (χ3n) is 2.65. The summed E-state index contributed by atoms with van der Waals surface area (Å²) in [4.78, 5) is 37.3. The molecule has 2 aromatic rings. The minimum atomic E-state index is -0.546. The van der Waals surface area contributed by atoms with E-state index in [1.165, 1.54) is 37.6 Å². The molecule has 1 amide bonds. The predicted octanol–water partition coefficient (Wildman–Crippen LogP) is 2.07. The summed E-state index contributed by atoms with van der Waals surface area (Å²) in [7, 11) is 1.25. The number of carbonyl (C=O) groups excluding carboxylic acids is 2. The molecule has 108 valence electrons. The van der Waals surface area contributed by atoms with Gasteiger partial charge in [-0.25, -0.2) is 4.79 Å². The van der Waals surface area contributed by atoms with Crippen molar-refractivity contribution >= 4 is 29.2 Å². The van der Waals surface area contributed by atoms with E-state index in [1.54, 1.807) is 0 Å². The van der Waals surface area contributed by atoms with E-state index < -0.39 is 11.9 Å². The van der Waals surface area contributed by atoms with Gasteiger partial charge in [0, 0.05) is 18.3 Å². The molecule has 0 unspecified atom stereocenters. The number of aromatic nitrogens is 1. The second kappa shape index (κ2) is 6.23. The van der Waals surface area contributed by atoms with Gasteiger partial charge in [0.2, 0.25) is 0 Å². The number of rotatable bonds is 3. The van der Waals surface area contributed by atoms with Crippen LogP contribution in [-0.4, -0.2) is 24.0 Å². The molecule has 2 N–H and O–H groups in total. The minimum absolute atomic E-state index is 0.0852. The van der Waals surface area contributed by atoms with Crippen molar-refractivity contribution in [3.05, 3.63) is 63.0 Å². The summed E-state index contributed by atoms with van der Waals surface area (Å²) in [5.41, 5.74) is 0.281. The van der Waals surface area contributed by atoms with Crippen molar-refractivity contribution in [2.24, 2.45) is 0 Å². The van der Waals surface area contributed by atoms with Crippen LogP contribution in [-0.2, 0) is 4.74 Å². The van der Waals surface area contributed by atoms with Gasteiger partial charge in [-0.1, -0.05) is 11.6 Å². The average Bonchev–Trinajstić information content (AvgIpc) is 2.48. The molecule has 0 radical (unpaired) electrons. The Balaban J connectivity index is 2.28. The number of hydrogen-bond donors (Lipinski definition) is 2. The lowest BCUT2D eigenvalue weighted by Gasteiger charge is -2.08. The number of nitrogens with one attached hydrogen (secondary N) is 2. The van der Waals surface area contributed by atoms with Gasteiger partial charge in [0.05, 0.1) is 23.4 Å². The van der Waals surface area contributed by atoms with Crippen molar-refractivity contribution in [3.63, 3.8) is 0 Å². The number of aromatic amines is 1. The summed E-state index contributed by atoms with van der Waals surface area (Å²) in [6.07, 6.45) is 1.36. The molecule has 0 aliphatic carbocycles. The molecule has 7 heteroatoms. The fourth-order valence-electron chi connectivity index (χ4n) is 1.63. The van der Waals surface area contributed by atoms with E-state index in [4.69, 9.17) is 11.6 Å². The van der Waals surface area contributed by atoms with Crippen LogP contribution in [0.1, 0.15) is 20.8 Å². The largest absolute Gasteiger partial charge is 0.465 e. The topological polar surface area (TPSA) is 88.3 Å². The first kappa shape index (κ1) is 14.8. The summed E-state index contributed by atoms with van der Waals surface area (Å²) >= 11 is 5.97. The lowest BCUT2D eigenvalue weighted by atomic mass is 10.2. The third-order valence-corrected chi connectivity index (χ3v) is 2.98. The molecule has 1 aromatic carbocycles. The number of ether oxygens (including phenoxy) is 1. The van der Waals surface area contributed by atoms with Crippen LogP contribution in [0.4, 0.5) is 5.69 Å². The van der Waals surface area contributed by atoms with Gasteiger partial charge in [-0.2, -0.15) is 0 Å². The van der Waals surface area contributed by atoms with Gasteiger partial charge in [-0.15, -0.1) is 0 Å². The molecule has 0 aliphatic rings. The lowest BCUT2D eigenvalue weighted by molar-refractivity contribution is 0.0600. The summed E-state index contributed by atoms with van der Waals surface area (Å²) in [6, 6.07) is 6.80. The number of hydrogen-bond acceptors (Lipinski definition) is 4. The van der Waals surface area contributed by atoms with Crippen molar-refractivity contribution in [1.29, 1.82) is 0 Å². The molecule has 0 saturated heterocycles. The van der Waals surface area contributed by atoms with Crippen LogP contribution in [0.5, 0.6) is 0 Å². The van der Waals surface area contributed by atoms with Crippen LogP contribution in [0.15, 0.2) is 41.3 Å². The lowest BCUT2D eigenvalue weighted by Crippen LogP contribution is -2.16. The second-order valence-electron chi connectivity index (χ2n) is 4.08. The Kier molecular flexibility index (Phi) is 4.39. The number of H-pyrrole nitrogens is 1. The average molecular weight is 307 g/mol. The zero-order valence-electron chi connectivity index (χ0n) is 11.0. The number of halogens is 1. The summed E-state index contributed by atoms with van der Waals surface area (Å²) < 4.78 is 4.59. The molecule has 0 saturated carbocycles. The molecule has 0 atom stereocenters. The monoisotopic (exact) mass is 306 g/mol. The van der Waals surface area contributed by atoms with E-state index >= 15 is 0 Å². The number of benzene rings is 1. The van der Waals surface area contributed by atoms with Crippen molar-refractivity contribution in [2.45, 2.75) is 0 Å². The van der Waals surface area contributed by atoms with Gasteiger partial charge < -0.3 is 15.0 Å². The number of esters is 1. The highest BCUT2D eigenvalue weighted by Gasteiger charge is 2.12. The molecule has 2 rings (SSSR count). The Labute approximate surface area is 124 Å². The molecular weight excluding hydrogens is 296 g/mol. The van der Waals surface area contributed by atoms with Crippen LogP contribution >= 0.6 is 11.6 Å². The first-order chi connectivity index (χ1) is 10.0. The fraction of sp³-hybridized carbons (Fsp3) is 0.0714. The van der Waals surface area contributed by atoms with Crippen LogP contribution in [0.2, 0.25) is 5.02 Å². The van der Waals surface area contributed by atoms with Crippen molar-refractivity contribution < 1.29 is 14.3 Å². The quantitative estimate of drug-likeness (QED) is 0.850. The Morgan fingerprint density at radius 2 is 2.00 bits per heavy atom. The Bertz CT molecular complexity index is 755. The highest BCUT2D eigenvalue weighted by atomic mass is 35.5. The number of anilines is 1. The van der Waals surface area contributed by atoms with E-state index in [-0.39, 0.29) is 27.4 Å². The highest BCUT2D eigenvalue weighted by molar-refractivity contribution is 6.34. The smallest absolute Gasteiger partial charge is 0.337 e. The van der Waals surface area contributed by atoms with Gasteiger partial charge in [0.25, 0.3) is 5.91 Å². The molecule has 0 aliphatic heterocycles. The fourth-order valence-corrected chi connectivity index (χ4v) is 1.80. The van der Waals surface area contributed by atoms with Gasteiger partial charge in [-0.05, 0) is 18.2 Å². The Morgan fingerprint density at radius 1 is 1.24 bits per heavy atom. The zero-order chi connectivity index (χ0) is 15.4. The van der Waals surface area contributed by atoms with Crippen molar-refractivity contribution in [3.8, 4) is 0 Å². The summed E-state index contributed by atoms with van der Waals surface area (Å²) in [6.45, 7) is 0. The minimum Gasteiger partial charge on any atom is -0.465 e. The number of methoxy groups -OCH3 is 1. The molecule has 1 aromatic heterocycles. The first-order valence-electron chi connectivity index (χ1n) is 5.89. The van der Waals surface area contributed by atoms with E-state index in [9.17, 15) is 14.4 Å². The highest BCUT2D eigenvalue weighted by Crippen LogP contribution is 2.23. The number of amides is 1. The maximum atomic E-state index is 12.0. The molecular formula is C14H11ClN2O4. The van der Waals surface area contributed by atoms with E-state index in [0.29, 0.717) is 0 Å². The molecule has 0 bridgehead atoms. The zero-order valence-corrected chi connectivity index (χ0v) is 11.7. The number of carbonyl (C=O) groups is 2. The molecule has 6 nitrogen and oxygen atoms in total. The molecule has 1 heterocycles. The van der Waals surface area contributed by atoms with E-state index in [0.717, 1.165) is 6.07 Å². The van der Waals surface area contributed by atoms with Gasteiger partial charge in [0.1, 0.15) is 5.69 Å². The maximum Gasteiger partial charge on any atom is 0.337 e. The normalized spacial score (nSPS) is 10.0. The van der Waals surface area contributed by atoms with Gasteiger partial charge in [-0.3, -0.25) is 9.59 Å². The van der Waals surface area contributed by atoms with Crippen LogP contribution in [0, 0.1) is 0 Å². The van der Waals surface area contributed by atoms with Crippen LogP contribution in [0.3, 0.4) is 0 Å². The van der Waals surface area contributed by atoms with Crippen molar-refractivity contribution in [1.82, 2.24) is 4.98 Å². The van der Waals surface area contributed by atoms with E-state index in [2.05, 4.69) is 15.0 Å². The first-order valence-corrected chi connectivity index (χ1v) is 6.27. The standard InChI is InChI=1S/C14H11ClN2O4/c1-21-14(20)8-2-3-10(15)11(6-8)17-13(19)12-7-9(18)4-5-16-12/h2-7H,1H3,(H,16,18)(H,17,19). The SMILES string of the molecule is COC(=O)c1ccc(Cl)c(NC(=O)c2cc(=O)cc[nH]2)c1. The Hall–Kier alpha value is -2.60. The third kappa shape index (κ3) is 3.49. The molecule has 0 spiro atoms. The van der Waals surface area contributed by atoms with Gasteiger partial charge in [0.15, 0.2) is 5.43 Å². The Morgan fingerprint density at radius 3 is 2.67 bits per heavy atom. The molecule has 21 heavy (non-hydrogen) atoms. The molecule has 0 fully saturated rings. The second-order valence-corrected chi connectivity index (χ2v) is 4.49. The van der Waals surface area contributed by atoms with E-state index in [1.807, 2.05) is 0 Å². The van der Waals surface area contributed by atoms with Gasteiger partial charge >= 0.3 is 5.97 Å².